The predicted octanol–water partition coefficient (Wildman–Crippen LogP) is 6.22. The van der Waals surface area contributed by atoms with Gasteiger partial charge in [0.2, 0.25) is 5.82 Å². The van der Waals surface area contributed by atoms with E-state index in [1.807, 2.05) is 26.0 Å². The molecule has 9 heteroatoms. The van der Waals surface area contributed by atoms with Crippen LogP contribution in [0, 0.1) is 13.8 Å². The Morgan fingerprint density at radius 3 is 2.58 bits per heavy atom. The maximum Gasteiger partial charge on any atom is 0.294 e. The molecule has 2 aromatic heterocycles. The number of aryl methyl sites for hydroxylation is 2. The monoisotopic (exact) mass is 479 g/mol. The lowest BCUT2D eigenvalue weighted by atomic mass is 10.1. The van der Waals surface area contributed by atoms with Gasteiger partial charge in [0.1, 0.15) is 5.58 Å². The lowest BCUT2D eigenvalue weighted by Crippen LogP contribution is -2.12. The zero-order valence-corrected chi connectivity index (χ0v) is 19.2. The summed E-state index contributed by atoms with van der Waals surface area (Å²) in [5, 5.41) is 5.22. The van der Waals surface area contributed by atoms with Gasteiger partial charge in [0.15, 0.2) is 5.76 Å². The minimum atomic E-state index is -3.79. The van der Waals surface area contributed by atoms with Crippen molar-refractivity contribution in [3.63, 3.8) is 0 Å². The van der Waals surface area contributed by atoms with Gasteiger partial charge in [0.25, 0.3) is 15.9 Å². The summed E-state index contributed by atoms with van der Waals surface area (Å²) in [5.41, 5.74) is 3.37. The van der Waals surface area contributed by atoms with Crippen LogP contribution in [-0.2, 0) is 10.0 Å². The summed E-state index contributed by atoms with van der Waals surface area (Å²) in [6, 6.07) is 19.0. The van der Waals surface area contributed by atoms with Crippen LogP contribution in [-0.4, -0.2) is 18.6 Å². The molecular weight excluding hydrogens is 462 g/mol. The quantitative estimate of drug-likeness (QED) is 0.321. The van der Waals surface area contributed by atoms with E-state index in [1.165, 1.54) is 6.07 Å². The molecule has 2 heterocycles. The average Bonchev–Trinajstić information content (AvgIpc) is 3.38. The van der Waals surface area contributed by atoms with E-state index in [4.69, 9.17) is 20.5 Å². The molecule has 0 fully saturated rings. The topological polar surface area (TPSA) is 98.2 Å². The highest BCUT2D eigenvalue weighted by molar-refractivity contribution is 7.92. The average molecular weight is 480 g/mol. The van der Waals surface area contributed by atoms with E-state index < -0.39 is 10.0 Å². The first-order valence-electron chi connectivity index (χ1n) is 10.0. The number of halogens is 1. The van der Waals surface area contributed by atoms with Crippen molar-refractivity contribution >= 4 is 38.3 Å². The van der Waals surface area contributed by atoms with Crippen molar-refractivity contribution in [2.75, 3.05) is 4.72 Å². The molecule has 7 nitrogen and oxygen atoms in total. The summed E-state index contributed by atoms with van der Waals surface area (Å²) < 4.78 is 39.8. The van der Waals surface area contributed by atoms with Crippen LogP contribution in [0.25, 0.3) is 34.0 Å². The summed E-state index contributed by atoms with van der Waals surface area (Å²) in [6.45, 7) is 3.71. The third kappa shape index (κ3) is 4.10. The lowest BCUT2D eigenvalue weighted by Gasteiger charge is -2.08. The summed E-state index contributed by atoms with van der Waals surface area (Å²) >= 11 is 6.05. The largest absolute Gasteiger partial charge is 0.451 e. The fourth-order valence-electron chi connectivity index (χ4n) is 3.55. The fraction of sp³-hybridized carbons (Fsp3) is 0.0833. The molecule has 0 spiro atoms. The Morgan fingerprint density at radius 1 is 0.970 bits per heavy atom. The fourth-order valence-corrected chi connectivity index (χ4v) is 4.82. The van der Waals surface area contributed by atoms with Crippen LogP contribution in [0.15, 0.2) is 80.6 Å². The molecule has 0 aliphatic heterocycles. The minimum absolute atomic E-state index is 0.122. The number of anilines is 1. The first-order chi connectivity index (χ1) is 15.8. The third-order valence-electron chi connectivity index (χ3n) is 5.19. The van der Waals surface area contributed by atoms with Gasteiger partial charge in [-0.15, -0.1) is 0 Å². The van der Waals surface area contributed by atoms with Gasteiger partial charge in [-0.1, -0.05) is 41.0 Å². The summed E-state index contributed by atoms with van der Waals surface area (Å²) in [4.78, 5) is 4.54. The summed E-state index contributed by atoms with van der Waals surface area (Å²) in [6.07, 6.45) is 0. The van der Waals surface area contributed by atoms with Crippen molar-refractivity contribution in [3.8, 4) is 23.0 Å². The number of rotatable bonds is 5. The highest BCUT2D eigenvalue weighted by Gasteiger charge is 2.22. The molecule has 166 valence electrons. The molecule has 0 unspecified atom stereocenters. The normalized spacial score (nSPS) is 11.7. The van der Waals surface area contributed by atoms with Crippen LogP contribution in [0.2, 0.25) is 5.02 Å². The van der Waals surface area contributed by atoms with Gasteiger partial charge in [0, 0.05) is 27.2 Å². The summed E-state index contributed by atoms with van der Waals surface area (Å²) in [7, 11) is -3.79. The van der Waals surface area contributed by atoms with Crippen molar-refractivity contribution in [1.29, 1.82) is 0 Å². The van der Waals surface area contributed by atoms with Crippen LogP contribution in [0.4, 0.5) is 5.69 Å². The van der Waals surface area contributed by atoms with Crippen LogP contribution in [0.3, 0.4) is 0 Å². The Kier molecular flexibility index (Phi) is 5.19. The number of benzene rings is 3. The van der Waals surface area contributed by atoms with Crippen molar-refractivity contribution in [3.05, 3.63) is 82.9 Å². The van der Waals surface area contributed by atoms with Gasteiger partial charge in [-0.2, -0.15) is 4.98 Å². The molecule has 3 aromatic carbocycles. The number of nitrogens with one attached hydrogen (secondary N) is 1. The molecule has 0 amide bonds. The van der Waals surface area contributed by atoms with Gasteiger partial charge >= 0.3 is 0 Å². The Hall–Kier alpha value is -3.62. The molecule has 0 radical (unpaired) electrons. The maximum atomic E-state index is 12.9. The highest BCUT2D eigenvalue weighted by atomic mass is 35.5. The SMILES string of the molecule is Cc1cccc(NS(=O)(=O)c2ccc3oc(-c4nc(-c5cccc(Cl)c5)no4)c(C)c3c2)c1. The number of hydrogen-bond donors (Lipinski definition) is 1. The van der Waals surface area contributed by atoms with Gasteiger partial charge in [-0.25, -0.2) is 8.42 Å². The molecule has 0 saturated carbocycles. The van der Waals surface area contributed by atoms with Gasteiger partial charge in [-0.05, 0) is 61.9 Å². The Morgan fingerprint density at radius 2 is 1.79 bits per heavy atom. The molecular formula is C24H18ClN3O4S. The summed E-state index contributed by atoms with van der Waals surface area (Å²) in [5.74, 6) is 0.950. The van der Waals surface area contributed by atoms with E-state index in [-0.39, 0.29) is 10.8 Å². The van der Waals surface area contributed by atoms with Crippen molar-refractivity contribution in [2.24, 2.45) is 0 Å². The molecule has 0 aliphatic carbocycles. The smallest absolute Gasteiger partial charge is 0.294 e. The zero-order chi connectivity index (χ0) is 23.2. The molecule has 5 aromatic rings. The Balaban J connectivity index is 1.50. The second-order valence-corrected chi connectivity index (χ2v) is 9.74. The second kappa shape index (κ2) is 8.06. The van der Waals surface area contributed by atoms with E-state index in [0.29, 0.717) is 44.4 Å². The molecule has 0 saturated heterocycles. The van der Waals surface area contributed by atoms with E-state index in [1.54, 1.807) is 48.5 Å². The third-order valence-corrected chi connectivity index (χ3v) is 6.81. The number of hydrogen-bond acceptors (Lipinski definition) is 6. The maximum absolute atomic E-state index is 12.9. The molecule has 5 rings (SSSR count). The number of sulfonamides is 1. The number of furan rings is 1. The van der Waals surface area contributed by atoms with Crippen LogP contribution < -0.4 is 4.72 Å². The van der Waals surface area contributed by atoms with Gasteiger partial charge in [0.05, 0.1) is 4.90 Å². The van der Waals surface area contributed by atoms with Crippen LogP contribution in [0.5, 0.6) is 0 Å². The number of fused-ring (bicyclic) bond motifs is 1. The standard InChI is InChI=1S/C24H18ClN3O4S/c1-14-5-3-8-18(11-14)28-33(29,30)19-9-10-21-20(13-19)15(2)22(31-21)24-26-23(27-32-24)16-6-4-7-17(25)12-16/h3-13,28H,1-2H3. The van der Waals surface area contributed by atoms with Gasteiger partial charge in [-0.3, -0.25) is 4.72 Å². The molecule has 0 atom stereocenters. The Labute approximate surface area is 195 Å². The van der Waals surface area contributed by atoms with Gasteiger partial charge < -0.3 is 8.94 Å². The second-order valence-electron chi connectivity index (χ2n) is 7.62. The zero-order valence-electron chi connectivity index (χ0n) is 17.7. The van der Waals surface area contributed by atoms with E-state index in [0.717, 1.165) is 5.56 Å². The first kappa shape index (κ1) is 21.2. The van der Waals surface area contributed by atoms with Crippen molar-refractivity contribution in [2.45, 2.75) is 18.7 Å². The molecule has 1 N–H and O–H groups in total. The van der Waals surface area contributed by atoms with Crippen molar-refractivity contribution in [1.82, 2.24) is 10.1 Å². The lowest BCUT2D eigenvalue weighted by molar-refractivity contribution is 0.419. The minimum Gasteiger partial charge on any atom is -0.451 e. The van der Waals surface area contributed by atoms with E-state index in [2.05, 4.69) is 14.9 Å². The van der Waals surface area contributed by atoms with Crippen molar-refractivity contribution < 1.29 is 17.4 Å². The number of aromatic nitrogens is 2. The molecule has 0 bridgehead atoms. The molecule has 33 heavy (non-hydrogen) atoms. The van der Waals surface area contributed by atoms with Crippen LogP contribution >= 0.6 is 11.6 Å². The Bertz CT molecular complexity index is 1610. The molecule has 0 aliphatic rings. The van der Waals surface area contributed by atoms with E-state index >= 15 is 0 Å². The highest BCUT2D eigenvalue weighted by Crippen LogP contribution is 2.34. The first-order valence-corrected chi connectivity index (χ1v) is 11.9. The predicted molar refractivity (Wildman–Crippen MR) is 127 cm³/mol. The van der Waals surface area contributed by atoms with E-state index in [9.17, 15) is 8.42 Å². The number of nitrogens with zero attached hydrogens (tertiary/aromatic N) is 2. The van der Waals surface area contributed by atoms with Crippen LogP contribution in [0.1, 0.15) is 11.1 Å².